The van der Waals surface area contributed by atoms with Crippen LogP contribution in [0.25, 0.3) is 0 Å². The Labute approximate surface area is 147 Å². The van der Waals surface area contributed by atoms with Crippen molar-refractivity contribution in [1.82, 2.24) is 5.32 Å². The lowest BCUT2D eigenvalue weighted by Crippen LogP contribution is -2.49. The van der Waals surface area contributed by atoms with Crippen LogP contribution >= 0.6 is 0 Å². The highest BCUT2D eigenvalue weighted by atomic mass is 32.2. The van der Waals surface area contributed by atoms with Gasteiger partial charge in [-0.3, -0.25) is 9.10 Å². The largest absolute Gasteiger partial charge is 0.350 e. The van der Waals surface area contributed by atoms with Gasteiger partial charge in [0, 0.05) is 6.54 Å². The van der Waals surface area contributed by atoms with E-state index in [4.69, 9.17) is 0 Å². The summed E-state index contributed by atoms with van der Waals surface area (Å²) in [5.74, 6) is -0.875. The van der Waals surface area contributed by atoms with E-state index in [0.29, 0.717) is 6.54 Å². The third-order valence-corrected chi connectivity index (χ3v) is 4.90. The number of hydrogen-bond acceptors (Lipinski definition) is 3. The molecule has 0 spiro atoms. The van der Waals surface area contributed by atoms with Crippen LogP contribution < -0.4 is 9.62 Å². The van der Waals surface area contributed by atoms with Crippen LogP contribution in [0.2, 0.25) is 0 Å². The summed E-state index contributed by atoms with van der Waals surface area (Å²) in [5, 5.41) is 2.76. The van der Waals surface area contributed by atoms with Crippen molar-refractivity contribution in [2.75, 3.05) is 10.6 Å². The lowest BCUT2D eigenvalue weighted by molar-refractivity contribution is -0.122. The highest BCUT2D eigenvalue weighted by molar-refractivity contribution is 7.92. The number of rotatable bonds is 7. The third kappa shape index (κ3) is 5.03. The molecular weight excluding hydrogens is 343 g/mol. The SMILES string of the molecule is CC[C@H](C(=O)NCc1ccccc1)N(c1ccc(F)cc1)S(C)(=O)=O. The van der Waals surface area contributed by atoms with Crippen molar-refractivity contribution in [3.8, 4) is 0 Å². The Morgan fingerprint density at radius 1 is 1.12 bits per heavy atom. The topological polar surface area (TPSA) is 66.5 Å². The van der Waals surface area contributed by atoms with Crippen molar-refractivity contribution in [2.24, 2.45) is 0 Å². The smallest absolute Gasteiger partial charge is 0.244 e. The highest BCUT2D eigenvalue weighted by Gasteiger charge is 2.31. The van der Waals surface area contributed by atoms with E-state index in [1.807, 2.05) is 30.3 Å². The number of halogens is 1. The maximum Gasteiger partial charge on any atom is 0.244 e. The molecule has 7 heteroatoms. The molecule has 134 valence electrons. The minimum atomic E-state index is -3.72. The van der Waals surface area contributed by atoms with Gasteiger partial charge >= 0.3 is 0 Å². The molecule has 2 aromatic rings. The molecule has 0 heterocycles. The van der Waals surface area contributed by atoms with Gasteiger partial charge in [0.25, 0.3) is 0 Å². The van der Waals surface area contributed by atoms with Gasteiger partial charge in [-0.1, -0.05) is 37.3 Å². The first kappa shape index (κ1) is 18.9. The van der Waals surface area contributed by atoms with Gasteiger partial charge < -0.3 is 5.32 Å². The van der Waals surface area contributed by atoms with Gasteiger partial charge in [-0.2, -0.15) is 0 Å². The van der Waals surface area contributed by atoms with Crippen molar-refractivity contribution in [1.29, 1.82) is 0 Å². The molecule has 0 aromatic heterocycles. The number of nitrogens with zero attached hydrogens (tertiary/aromatic N) is 1. The number of anilines is 1. The van der Waals surface area contributed by atoms with Crippen LogP contribution in [0.15, 0.2) is 54.6 Å². The number of benzene rings is 2. The molecule has 25 heavy (non-hydrogen) atoms. The van der Waals surface area contributed by atoms with E-state index >= 15 is 0 Å². The molecule has 5 nitrogen and oxygen atoms in total. The zero-order chi connectivity index (χ0) is 18.4. The number of hydrogen-bond donors (Lipinski definition) is 1. The predicted octanol–water partition coefficient (Wildman–Crippen LogP) is 2.69. The number of sulfonamides is 1. The van der Waals surface area contributed by atoms with Crippen LogP contribution in [0.5, 0.6) is 0 Å². The van der Waals surface area contributed by atoms with Gasteiger partial charge in [-0.05, 0) is 36.2 Å². The Hall–Kier alpha value is -2.41. The fourth-order valence-electron chi connectivity index (χ4n) is 2.55. The van der Waals surface area contributed by atoms with Crippen molar-refractivity contribution < 1.29 is 17.6 Å². The fourth-order valence-corrected chi connectivity index (χ4v) is 3.76. The van der Waals surface area contributed by atoms with E-state index in [-0.39, 0.29) is 12.1 Å². The maximum atomic E-state index is 13.1. The normalized spacial score (nSPS) is 12.4. The lowest BCUT2D eigenvalue weighted by atomic mass is 10.1. The summed E-state index contributed by atoms with van der Waals surface area (Å²) < 4.78 is 38.7. The second-order valence-electron chi connectivity index (χ2n) is 5.66. The summed E-state index contributed by atoms with van der Waals surface area (Å²) in [6, 6.07) is 13.5. The molecule has 0 fully saturated rings. The summed E-state index contributed by atoms with van der Waals surface area (Å²) in [6.45, 7) is 2.03. The van der Waals surface area contributed by atoms with Crippen molar-refractivity contribution in [3.05, 3.63) is 66.0 Å². The van der Waals surface area contributed by atoms with Crippen LogP contribution in [0.1, 0.15) is 18.9 Å². The van der Waals surface area contributed by atoms with Gasteiger partial charge in [-0.15, -0.1) is 0 Å². The van der Waals surface area contributed by atoms with E-state index in [0.717, 1.165) is 16.1 Å². The van der Waals surface area contributed by atoms with Crippen LogP contribution in [0.3, 0.4) is 0 Å². The van der Waals surface area contributed by atoms with E-state index in [1.54, 1.807) is 6.92 Å². The Morgan fingerprint density at radius 2 is 1.72 bits per heavy atom. The first-order chi connectivity index (χ1) is 11.8. The molecule has 0 saturated carbocycles. The van der Waals surface area contributed by atoms with Crippen LogP contribution in [-0.4, -0.2) is 26.6 Å². The fraction of sp³-hybridized carbons (Fsp3) is 0.278. The number of carbonyl (C=O) groups excluding carboxylic acids is 1. The van der Waals surface area contributed by atoms with E-state index in [9.17, 15) is 17.6 Å². The van der Waals surface area contributed by atoms with Crippen molar-refractivity contribution >= 4 is 21.6 Å². The molecule has 0 bridgehead atoms. The second-order valence-corrected chi connectivity index (χ2v) is 7.52. The van der Waals surface area contributed by atoms with Gasteiger partial charge in [0.2, 0.25) is 15.9 Å². The minimum Gasteiger partial charge on any atom is -0.350 e. The second kappa shape index (κ2) is 8.11. The Kier molecular flexibility index (Phi) is 6.14. The summed E-state index contributed by atoms with van der Waals surface area (Å²) in [5.41, 5.74) is 1.17. The van der Waals surface area contributed by atoms with Crippen LogP contribution in [-0.2, 0) is 21.4 Å². The molecule has 0 aliphatic carbocycles. The van der Waals surface area contributed by atoms with E-state index in [1.165, 1.54) is 24.3 Å². The molecule has 1 amide bonds. The van der Waals surface area contributed by atoms with Crippen molar-refractivity contribution in [2.45, 2.75) is 25.9 Å². The molecule has 0 radical (unpaired) electrons. The molecule has 0 unspecified atom stereocenters. The Balaban J connectivity index is 2.23. The van der Waals surface area contributed by atoms with Gasteiger partial charge in [0.1, 0.15) is 11.9 Å². The predicted molar refractivity (Wildman–Crippen MR) is 96.1 cm³/mol. The van der Waals surface area contributed by atoms with Crippen molar-refractivity contribution in [3.63, 3.8) is 0 Å². The first-order valence-electron chi connectivity index (χ1n) is 7.89. The molecule has 0 aliphatic rings. The van der Waals surface area contributed by atoms with Gasteiger partial charge in [0.05, 0.1) is 11.9 Å². The Morgan fingerprint density at radius 3 is 2.24 bits per heavy atom. The monoisotopic (exact) mass is 364 g/mol. The summed E-state index contributed by atoms with van der Waals surface area (Å²) in [4.78, 5) is 12.6. The first-order valence-corrected chi connectivity index (χ1v) is 9.74. The zero-order valence-electron chi connectivity index (χ0n) is 14.1. The maximum absolute atomic E-state index is 13.1. The molecule has 1 N–H and O–H groups in total. The standard InChI is InChI=1S/C18H21FN2O3S/c1-3-17(18(22)20-13-14-7-5-4-6-8-14)21(25(2,23)24)16-11-9-15(19)10-12-16/h4-12,17H,3,13H2,1-2H3,(H,20,22)/t17-/m1/s1. The number of nitrogens with one attached hydrogen (secondary N) is 1. The lowest BCUT2D eigenvalue weighted by Gasteiger charge is -2.30. The number of amides is 1. The number of carbonyl (C=O) groups is 1. The molecule has 2 rings (SSSR count). The van der Waals surface area contributed by atoms with Crippen LogP contribution in [0.4, 0.5) is 10.1 Å². The molecule has 1 atom stereocenters. The molecule has 0 aliphatic heterocycles. The molecule has 0 saturated heterocycles. The van der Waals surface area contributed by atoms with Gasteiger partial charge in [-0.25, -0.2) is 12.8 Å². The molecular formula is C18H21FN2O3S. The highest BCUT2D eigenvalue weighted by Crippen LogP contribution is 2.22. The summed E-state index contributed by atoms with van der Waals surface area (Å²) in [7, 11) is -3.72. The van der Waals surface area contributed by atoms with Gasteiger partial charge in [0.15, 0.2) is 0 Å². The van der Waals surface area contributed by atoms with Crippen LogP contribution in [0, 0.1) is 5.82 Å². The average molecular weight is 364 g/mol. The minimum absolute atomic E-state index is 0.255. The van der Waals surface area contributed by atoms with E-state index in [2.05, 4.69) is 5.32 Å². The van der Waals surface area contributed by atoms with E-state index < -0.39 is 27.8 Å². The quantitative estimate of drug-likeness (QED) is 0.821. The Bertz CT molecular complexity index is 808. The average Bonchev–Trinajstić information content (AvgIpc) is 2.58. The zero-order valence-corrected chi connectivity index (χ0v) is 15.0. The summed E-state index contributed by atoms with van der Waals surface area (Å²) in [6.07, 6.45) is 1.31. The third-order valence-electron chi connectivity index (χ3n) is 3.72. The molecule has 2 aromatic carbocycles. The summed E-state index contributed by atoms with van der Waals surface area (Å²) >= 11 is 0.